The highest BCUT2D eigenvalue weighted by atomic mass is 79.9. The molecule has 7 nitrogen and oxygen atoms in total. The first-order valence-corrected chi connectivity index (χ1v) is 11.0. The van der Waals surface area contributed by atoms with E-state index in [0.29, 0.717) is 6.61 Å². The van der Waals surface area contributed by atoms with Crippen LogP contribution in [-0.2, 0) is 14.3 Å². The van der Waals surface area contributed by atoms with Gasteiger partial charge in [0.05, 0.1) is 18.5 Å². The van der Waals surface area contributed by atoms with E-state index in [2.05, 4.69) is 21.2 Å². The Bertz CT molecular complexity index is 671. The van der Waals surface area contributed by atoms with Gasteiger partial charge < -0.3 is 10.1 Å². The van der Waals surface area contributed by atoms with E-state index in [4.69, 9.17) is 4.74 Å². The first-order chi connectivity index (χ1) is 13.5. The van der Waals surface area contributed by atoms with E-state index in [9.17, 15) is 14.4 Å². The van der Waals surface area contributed by atoms with Gasteiger partial charge in [-0.3, -0.25) is 19.4 Å². The quantitative estimate of drug-likeness (QED) is 0.651. The Balaban J connectivity index is 1.26. The van der Waals surface area contributed by atoms with Crippen LogP contribution in [0.15, 0.2) is 24.8 Å². The molecule has 5 aliphatic rings. The zero-order chi connectivity index (χ0) is 19.7. The molecule has 8 heteroatoms. The number of rotatable bonds is 5. The number of carbonyl (C=O) groups excluding carboxylic acids is 3. The molecule has 5 rings (SSSR count). The zero-order valence-electron chi connectivity index (χ0n) is 15.8. The fraction of sp³-hybridized carbons (Fsp3) is 0.650. The maximum absolute atomic E-state index is 12.5. The third-order valence-corrected chi connectivity index (χ3v) is 7.01. The molecular weight excluding hydrogens is 426 g/mol. The number of halogens is 1. The van der Waals surface area contributed by atoms with Crippen LogP contribution in [0.4, 0.5) is 4.79 Å². The van der Waals surface area contributed by atoms with Crippen molar-refractivity contribution in [1.29, 1.82) is 0 Å². The minimum absolute atomic E-state index is 0.102. The van der Waals surface area contributed by atoms with Crippen LogP contribution < -0.4 is 5.32 Å². The minimum atomic E-state index is -0.414. The molecule has 152 valence electrons. The lowest BCUT2D eigenvalue weighted by Crippen LogP contribution is -2.48. The van der Waals surface area contributed by atoms with Crippen molar-refractivity contribution in [1.82, 2.24) is 15.1 Å². The summed E-state index contributed by atoms with van der Waals surface area (Å²) in [5.41, 5.74) is 0.184. The van der Waals surface area contributed by atoms with Crippen molar-refractivity contribution in [2.24, 2.45) is 23.2 Å². The van der Waals surface area contributed by atoms with E-state index in [1.807, 2.05) is 0 Å². The molecule has 0 radical (unpaired) electrons. The number of hydrogen-bond donors (Lipinski definition) is 1. The monoisotopic (exact) mass is 451 g/mol. The van der Waals surface area contributed by atoms with Crippen molar-refractivity contribution in [3.8, 4) is 0 Å². The molecule has 0 aromatic rings. The lowest BCUT2D eigenvalue weighted by atomic mass is 9.50. The molecule has 3 amide bonds. The third kappa shape index (κ3) is 4.11. The van der Waals surface area contributed by atoms with Crippen molar-refractivity contribution >= 4 is 33.8 Å². The standard InChI is InChI=1S/C20H26BrN3O4/c21-11-17(25)22-12-18(26)23-1-3-24(4-2-23)19(27)28-13-20-8-14-5-15(9-20)7-16(6-14)10-20/h1-4,14-16H,5-13H2,(H,22,25). The molecule has 0 unspecified atom stereocenters. The summed E-state index contributed by atoms with van der Waals surface area (Å²) in [6, 6.07) is 0. The van der Waals surface area contributed by atoms with E-state index in [0.717, 1.165) is 17.8 Å². The molecule has 1 N–H and O–H groups in total. The van der Waals surface area contributed by atoms with Gasteiger partial charge in [0.1, 0.15) is 0 Å². The maximum Gasteiger partial charge on any atom is 0.418 e. The highest BCUT2D eigenvalue weighted by Crippen LogP contribution is 2.60. The number of amides is 3. The van der Waals surface area contributed by atoms with E-state index in [-0.39, 0.29) is 29.1 Å². The average molecular weight is 452 g/mol. The number of nitrogens with zero attached hydrogens (tertiary/aromatic N) is 2. The molecular formula is C20H26BrN3O4. The second-order valence-electron chi connectivity index (χ2n) is 8.69. The van der Waals surface area contributed by atoms with E-state index < -0.39 is 6.09 Å². The molecule has 4 fully saturated rings. The van der Waals surface area contributed by atoms with Crippen molar-refractivity contribution in [3.05, 3.63) is 24.8 Å². The Morgan fingerprint density at radius 2 is 1.50 bits per heavy atom. The van der Waals surface area contributed by atoms with E-state index in [1.165, 1.54) is 73.1 Å². The van der Waals surface area contributed by atoms with Crippen LogP contribution in [0.1, 0.15) is 38.5 Å². The van der Waals surface area contributed by atoms with Gasteiger partial charge in [-0.05, 0) is 56.3 Å². The van der Waals surface area contributed by atoms with Gasteiger partial charge in [0, 0.05) is 30.2 Å². The second kappa shape index (κ2) is 7.89. The molecule has 0 aromatic heterocycles. The Kier molecular flexibility index (Phi) is 5.49. The third-order valence-electron chi connectivity index (χ3n) is 6.50. The Hall–Kier alpha value is -1.83. The van der Waals surface area contributed by atoms with Crippen LogP contribution in [0.3, 0.4) is 0 Å². The van der Waals surface area contributed by atoms with Crippen molar-refractivity contribution < 1.29 is 19.1 Å². The van der Waals surface area contributed by atoms with Gasteiger partial charge in [0.15, 0.2) is 0 Å². The summed E-state index contributed by atoms with van der Waals surface area (Å²) in [6.07, 6.45) is 13.3. The molecule has 28 heavy (non-hydrogen) atoms. The fourth-order valence-electron chi connectivity index (χ4n) is 5.74. The molecule has 0 saturated heterocycles. The van der Waals surface area contributed by atoms with Gasteiger partial charge >= 0.3 is 6.09 Å². The molecule has 0 atom stereocenters. The predicted molar refractivity (Wildman–Crippen MR) is 106 cm³/mol. The van der Waals surface area contributed by atoms with Gasteiger partial charge in [-0.15, -0.1) is 0 Å². The van der Waals surface area contributed by atoms with Gasteiger partial charge in [-0.2, -0.15) is 0 Å². The van der Waals surface area contributed by atoms with Crippen molar-refractivity contribution in [3.63, 3.8) is 0 Å². The molecule has 1 aliphatic heterocycles. The average Bonchev–Trinajstić information content (AvgIpc) is 2.69. The number of hydrogen-bond acceptors (Lipinski definition) is 4. The van der Waals surface area contributed by atoms with Crippen LogP contribution in [-0.4, -0.2) is 46.2 Å². The van der Waals surface area contributed by atoms with Crippen LogP contribution in [0.2, 0.25) is 0 Å². The molecule has 0 spiro atoms. The largest absolute Gasteiger partial charge is 0.448 e. The molecule has 4 aliphatic carbocycles. The first kappa shape index (κ1) is 19.5. The van der Waals surface area contributed by atoms with E-state index in [1.54, 1.807) is 0 Å². The summed E-state index contributed by atoms with van der Waals surface area (Å²) in [7, 11) is 0. The zero-order valence-corrected chi connectivity index (χ0v) is 17.4. The first-order valence-electron chi connectivity index (χ1n) is 9.92. The number of nitrogens with one attached hydrogen (secondary N) is 1. The number of carbonyl (C=O) groups is 3. The van der Waals surface area contributed by atoms with Gasteiger partial charge in [0.2, 0.25) is 11.8 Å². The van der Waals surface area contributed by atoms with E-state index >= 15 is 0 Å². The summed E-state index contributed by atoms with van der Waals surface area (Å²) in [4.78, 5) is 38.4. The predicted octanol–water partition coefficient (Wildman–Crippen LogP) is 2.94. The van der Waals surface area contributed by atoms with Crippen molar-refractivity contribution in [2.75, 3.05) is 18.5 Å². The summed E-state index contributed by atoms with van der Waals surface area (Å²) >= 11 is 3.03. The minimum Gasteiger partial charge on any atom is -0.448 e. The van der Waals surface area contributed by atoms with Gasteiger partial charge in [-0.1, -0.05) is 15.9 Å². The number of ether oxygens (including phenoxy) is 1. The molecule has 0 aromatic carbocycles. The SMILES string of the molecule is O=C(CBr)NCC(=O)N1C=CN(C(=O)OCC23CC4CC(CC(C4)C2)C3)C=C1. The topological polar surface area (TPSA) is 79.0 Å². The summed E-state index contributed by atoms with van der Waals surface area (Å²) in [5, 5.41) is 2.64. The lowest BCUT2D eigenvalue weighted by molar-refractivity contribution is -0.128. The van der Waals surface area contributed by atoms with Crippen LogP contribution in [0, 0.1) is 23.2 Å². The number of alkyl halides is 1. The summed E-state index contributed by atoms with van der Waals surface area (Å²) < 4.78 is 5.67. The molecule has 1 heterocycles. The Morgan fingerprint density at radius 1 is 0.964 bits per heavy atom. The summed E-state index contributed by atoms with van der Waals surface area (Å²) in [5.74, 6) is 1.93. The summed E-state index contributed by atoms with van der Waals surface area (Å²) in [6.45, 7) is 0.393. The van der Waals surface area contributed by atoms with Crippen LogP contribution in [0.5, 0.6) is 0 Å². The molecule has 4 bridgehead atoms. The maximum atomic E-state index is 12.5. The van der Waals surface area contributed by atoms with Gasteiger partial charge in [0.25, 0.3) is 0 Å². The van der Waals surface area contributed by atoms with Crippen molar-refractivity contribution in [2.45, 2.75) is 38.5 Å². The lowest BCUT2D eigenvalue weighted by Gasteiger charge is -2.56. The molecule has 4 saturated carbocycles. The normalized spacial score (nSPS) is 32.5. The Labute approximate surface area is 173 Å². The fourth-order valence-corrected chi connectivity index (χ4v) is 5.94. The van der Waals surface area contributed by atoms with Crippen LogP contribution in [0.25, 0.3) is 0 Å². The highest BCUT2D eigenvalue weighted by molar-refractivity contribution is 9.09. The van der Waals surface area contributed by atoms with Crippen LogP contribution >= 0.6 is 15.9 Å². The smallest absolute Gasteiger partial charge is 0.418 e. The highest BCUT2D eigenvalue weighted by Gasteiger charge is 2.51. The van der Waals surface area contributed by atoms with Gasteiger partial charge in [-0.25, -0.2) is 4.79 Å². The second-order valence-corrected chi connectivity index (χ2v) is 9.25. The Morgan fingerprint density at radius 3 is 2.04 bits per heavy atom.